The molecule has 98 valence electrons. The van der Waals surface area contributed by atoms with E-state index >= 15 is 0 Å². The van der Waals surface area contributed by atoms with Crippen molar-refractivity contribution in [1.82, 2.24) is 4.90 Å². The van der Waals surface area contributed by atoms with Crippen molar-refractivity contribution >= 4 is 23.2 Å². The van der Waals surface area contributed by atoms with Crippen LogP contribution in [0, 0.1) is 11.3 Å². The molecule has 0 radical (unpaired) electrons. The number of halogens is 2. The second kappa shape index (κ2) is 7.63. The summed E-state index contributed by atoms with van der Waals surface area (Å²) in [6.45, 7) is 2.99. The molecular weight excluding hydrogens is 267 g/mol. The molecule has 0 aliphatic rings. The van der Waals surface area contributed by atoms with Crippen LogP contribution in [0.1, 0.15) is 25.3 Å². The second-order valence-corrected chi connectivity index (χ2v) is 5.34. The predicted octanol–water partition coefficient (Wildman–Crippen LogP) is 4.16. The monoisotopic (exact) mass is 284 g/mol. The maximum atomic E-state index is 8.56. The Labute approximate surface area is 119 Å². The fraction of sp³-hybridized carbons (Fsp3) is 0.500. The average Bonchev–Trinajstić information content (AvgIpc) is 2.36. The fourth-order valence-corrected chi connectivity index (χ4v) is 2.06. The lowest BCUT2D eigenvalue weighted by Crippen LogP contribution is -2.30. The first-order chi connectivity index (χ1) is 8.54. The van der Waals surface area contributed by atoms with Crippen molar-refractivity contribution in [3.05, 3.63) is 33.8 Å². The highest BCUT2D eigenvalue weighted by molar-refractivity contribution is 6.42. The van der Waals surface area contributed by atoms with Gasteiger partial charge in [0.25, 0.3) is 0 Å². The highest BCUT2D eigenvalue weighted by Gasteiger charge is 2.09. The summed E-state index contributed by atoms with van der Waals surface area (Å²) in [6.07, 6.45) is 2.59. The predicted molar refractivity (Wildman–Crippen MR) is 77.1 cm³/mol. The maximum Gasteiger partial charge on any atom is 0.0635 e. The van der Waals surface area contributed by atoms with Gasteiger partial charge in [-0.1, -0.05) is 29.3 Å². The maximum absolute atomic E-state index is 8.56. The molecule has 0 heterocycles. The van der Waals surface area contributed by atoms with Gasteiger partial charge in [-0.25, -0.2) is 0 Å². The van der Waals surface area contributed by atoms with E-state index < -0.39 is 0 Å². The molecule has 0 aromatic heterocycles. The van der Waals surface area contributed by atoms with E-state index in [0.29, 0.717) is 22.5 Å². The molecule has 0 N–H and O–H groups in total. The van der Waals surface area contributed by atoms with Crippen LogP contribution in [0.25, 0.3) is 0 Å². The van der Waals surface area contributed by atoms with E-state index in [0.717, 1.165) is 19.4 Å². The van der Waals surface area contributed by atoms with Gasteiger partial charge in [-0.2, -0.15) is 5.26 Å². The SMILES string of the molecule is CC(CCc1ccc(Cl)c(Cl)c1)N(C)CCC#N. The van der Waals surface area contributed by atoms with Gasteiger partial charge in [-0.15, -0.1) is 0 Å². The van der Waals surface area contributed by atoms with Crippen molar-refractivity contribution in [2.45, 2.75) is 32.2 Å². The summed E-state index contributed by atoms with van der Waals surface area (Å²) in [5, 5.41) is 9.77. The Kier molecular flexibility index (Phi) is 6.49. The van der Waals surface area contributed by atoms with E-state index in [9.17, 15) is 0 Å². The van der Waals surface area contributed by atoms with E-state index in [1.807, 2.05) is 18.2 Å². The summed E-state index contributed by atoms with van der Waals surface area (Å²) in [5.74, 6) is 0. The van der Waals surface area contributed by atoms with Crippen LogP contribution in [0.5, 0.6) is 0 Å². The molecule has 1 unspecified atom stereocenters. The number of benzene rings is 1. The molecule has 2 nitrogen and oxygen atoms in total. The molecule has 0 aliphatic heterocycles. The molecule has 1 rings (SSSR count). The fourth-order valence-electron chi connectivity index (χ4n) is 1.74. The average molecular weight is 285 g/mol. The van der Waals surface area contributed by atoms with E-state index in [2.05, 4.69) is 24.9 Å². The molecule has 0 fully saturated rings. The van der Waals surface area contributed by atoms with Gasteiger partial charge in [-0.05, 0) is 44.5 Å². The van der Waals surface area contributed by atoms with Crippen LogP contribution in [0.4, 0.5) is 0 Å². The quantitative estimate of drug-likeness (QED) is 0.784. The summed E-state index contributed by atoms with van der Waals surface area (Å²) in [5.41, 5.74) is 1.20. The third-order valence-electron chi connectivity index (χ3n) is 3.16. The summed E-state index contributed by atoms with van der Waals surface area (Å²) in [6, 6.07) is 8.39. The van der Waals surface area contributed by atoms with Crippen molar-refractivity contribution in [2.75, 3.05) is 13.6 Å². The van der Waals surface area contributed by atoms with Gasteiger partial charge in [0.1, 0.15) is 0 Å². The van der Waals surface area contributed by atoms with Gasteiger partial charge in [0.2, 0.25) is 0 Å². The van der Waals surface area contributed by atoms with Crippen molar-refractivity contribution in [1.29, 1.82) is 5.26 Å². The molecule has 4 heteroatoms. The van der Waals surface area contributed by atoms with E-state index in [1.165, 1.54) is 5.56 Å². The molecule has 0 saturated heterocycles. The van der Waals surface area contributed by atoms with Crippen molar-refractivity contribution in [3.8, 4) is 6.07 Å². The Bertz CT molecular complexity index is 426. The standard InChI is InChI=1S/C14H18Cl2N2/c1-11(18(2)9-3-8-17)4-5-12-6-7-13(15)14(16)10-12/h6-7,10-11H,3-5,9H2,1-2H3. The minimum atomic E-state index is 0.452. The molecule has 1 aromatic carbocycles. The highest BCUT2D eigenvalue weighted by atomic mass is 35.5. The van der Waals surface area contributed by atoms with Gasteiger partial charge in [0, 0.05) is 19.0 Å². The lowest BCUT2D eigenvalue weighted by Gasteiger charge is -2.23. The first kappa shape index (κ1) is 15.3. The number of nitrogens with zero attached hydrogens (tertiary/aromatic N) is 2. The molecule has 1 aromatic rings. The van der Waals surface area contributed by atoms with Gasteiger partial charge < -0.3 is 4.90 Å². The molecule has 0 bridgehead atoms. The van der Waals surface area contributed by atoms with Crippen molar-refractivity contribution in [3.63, 3.8) is 0 Å². The lowest BCUT2D eigenvalue weighted by molar-refractivity contribution is 0.251. The molecule has 0 aliphatic carbocycles. The van der Waals surface area contributed by atoms with Crippen LogP contribution in [-0.4, -0.2) is 24.5 Å². The largest absolute Gasteiger partial charge is 0.303 e. The number of hydrogen-bond donors (Lipinski definition) is 0. The Balaban J connectivity index is 2.44. The first-order valence-electron chi connectivity index (χ1n) is 6.05. The third kappa shape index (κ3) is 4.86. The number of aryl methyl sites for hydroxylation is 1. The van der Waals surface area contributed by atoms with E-state index in [4.69, 9.17) is 28.5 Å². The van der Waals surface area contributed by atoms with Crippen molar-refractivity contribution < 1.29 is 0 Å². The smallest absolute Gasteiger partial charge is 0.0635 e. The molecular formula is C14H18Cl2N2. The molecule has 0 amide bonds. The van der Waals surface area contributed by atoms with Crippen LogP contribution in [0.15, 0.2) is 18.2 Å². The Hall–Kier alpha value is -0.750. The second-order valence-electron chi connectivity index (χ2n) is 4.52. The number of hydrogen-bond acceptors (Lipinski definition) is 2. The lowest BCUT2D eigenvalue weighted by atomic mass is 10.1. The third-order valence-corrected chi connectivity index (χ3v) is 3.90. The van der Waals surface area contributed by atoms with Crippen LogP contribution in [-0.2, 0) is 6.42 Å². The number of rotatable bonds is 6. The summed E-state index contributed by atoms with van der Waals surface area (Å²) >= 11 is 11.9. The summed E-state index contributed by atoms with van der Waals surface area (Å²) < 4.78 is 0. The zero-order valence-corrected chi connectivity index (χ0v) is 12.3. The van der Waals surface area contributed by atoms with Crippen LogP contribution >= 0.6 is 23.2 Å². The summed E-state index contributed by atoms with van der Waals surface area (Å²) in [7, 11) is 2.05. The van der Waals surface area contributed by atoms with Gasteiger partial charge in [0.05, 0.1) is 16.1 Å². The zero-order valence-electron chi connectivity index (χ0n) is 10.8. The molecule has 0 spiro atoms. The Morgan fingerprint density at radius 1 is 1.33 bits per heavy atom. The molecule has 18 heavy (non-hydrogen) atoms. The number of nitriles is 1. The normalized spacial score (nSPS) is 12.4. The van der Waals surface area contributed by atoms with Crippen LogP contribution < -0.4 is 0 Å². The zero-order chi connectivity index (χ0) is 13.5. The van der Waals surface area contributed by atoms with Crippen molar-refractivity contribution in [2.24, 2.45) is 0 Å². The van der Waals surface area contributed by atoms with Gasteiger partial charge >= 0.3 is 0 Å². The molecule has 1 atom stereocenters. The minimum absolute atomic E-state index is 0.452. The van der Waals surface area contributed by atoms with E-state index in [1.54, 1.807) is 0 Å². The van der Waals surface area contributed by atoms with Crippen LogP contribution in [0.3, 0.4) is 0 Å². The highest BCUT2D eigenvalue weighted by Crippen LogP contribution is 2.23. The van der Waals surface area contributed by atoms with Gasteiger partial charge in [-0.3, -0.25) is 0 Å². The van der Waals surface area contributed by atoms with Gasteiger partial charge in [0.15, 0.2) is 0 Å². The molecule has 0 saturated carbocycles. The van der Waals surface area contributed by atoms with E-state index in [-0.39, 0.29) is 0 Å². The Morgan fingerprint density at radius 3 is 2.67 bits per heavy atom. The minimum Gasteiger partial charge on any atom is -0.303 e. The Morgan fingerprint density at radius 2 is 2.06 bits per heavy atom. The topological polar surface area (TPSA) is 27.0 Å². The summed E-state index contributed by atoms with van der Waals surface area (Å²) in [4.78, 5) is 2.21. The first-order valence-corrected chi connectivity index (χ1v) is 6.81. The van der Waals surface area contributed by atoms with Crippen LogP contribution in [0.2, 0.25) is 10.0 Å².